The second-order valence-electron chi connectivity index (χ2n) is 7.55. The van der Waals surface area contributed by atoms with Gasteiger partial charge in [0.1, 0.15) is 5.75 Å². The van der Waals surface area contributed by atoms with Crippen molar-refractivity contribution in [1.82, 2.24) is 0 Å². The number of carbonyl (C=O) groups excluding carboxylic acids is 1. The summed E-state index contributed by atoms with van der Waals surface area (Å²) in [5.41, 5.74) is 2.22. The van der Waals surface area contributed by atoms with E-state index in [1.54, 1.807) is 67.8 Å². The monoisotopic (exact) mass is 452 g/mol. The van der Waals surface area contributed by atoms with Crippen LogP contribution < -0.4 is 14.4 Å². The molecule has 0 bridgehead atoms. The highest BCUT2D eigenvalue weighted by Crippen LogP contribution is 2.28. The first-order valence-corrected chi connectivity index (χ1v) is 11.8. The molecule has 0 fully saturated rings. The third-order valence-corrected chi connectivity index (χ3v) is 7.34. The van der Waals surface area contributed by atoms with Gasteiger partial charge in [-0.1, -0.05) is 38.1 Å². The van der Waals surface area contributed by atoms with E-state index in [1.807, 2.05) is 12.1 Å². The number of sulfonamides is 1. The molecule has 0 spiro atoms. The van der Waals surface area contributed by atoms with E-state index in [-0.39, 0.29) is 10.5 Å². The van der Waals surface area contributed by atoms with Crippen LogP contribution in [0.4, 0.5) is 11.4 Å². The van der Waals surface area contributed by atoms with Gasteiger partial charge in [0.2, 0.25) is 0 Å². The van der Waals surface area contributed by atoms with Gasteiger partial charge in [-0.05, 0) is 66.4 Å². The molecular weight excluding hydrogens is 424 g/mol. The number of anilines is 2. The van der Waals surface area contributed by atoms with Gasteiger partial charge in [-0.2, -0.15) is 0 Å². The molecule has 0 aliphatic heterocycles. The summed E-state index contributed by atoms with van der Waals surface area (Å²) in [6.45, 7) is 4.20. The summed E-state index contributed by atoms with van der Waals surface area (Å²) in [4.78, 5) is 13.1. The summed E-state index contributed by atoms with van der Waals surface area (Å²) in [7, 11) is -0.819. The molecule has 1 atom stereocenters. The molecular formula is C25H28N2O4S. The topological polar surface area (TPSA) is 75.7 Å². The lowest BCUT2D eigenvalue weighted by molar-refractivity contribution is 0.102. The predicted octanol–water partition coefficient (Wildman–Crippen LogP) is 5.29. The molecule has 3 aromatic carbocycles. The normalized spacial score (nSPS) is 12.1. The fraction of sp³-hybridized carbons (Fsp3) is 0.240. The molecule has 1 amide bonds. The van der Waals surface area contributed by atoms with E-state index < -0.39 is 15.9 Å². The molecule has 0 heterocycles. The number of rotatable bonds is 8. The molecule has 168 valence electrons. The van der Waals surface area contributed by atoms with Crippen molar-refractivity contribution < 1.29 is 17.9 Å². The van der Waals surface area contributed by atoms with Gasteiger partial charge in [0.05, 0.1) is 23.3 Å². The first-order chi connectivity index (χ1) is 15.3. The Morgan fingerprint density at radius 1 is 1.00 bits per heavy atom. The largest absolute Gasteiger partial charge is 0.497 e. The summed E-state index contributed by atoms with van der Waals surface area (Å²) in [6.07, 6.45) is 0.975. The second-order valence-corrected chi connectivity index (χ2v) is 9.52. The molecule has 3 aromatic rings. The van der Waals surface area contributed by atoms with Crippen LogP contribution in [0.25, 0.3) is 0 Å². The molecule has 0 saturated carbocycles. The number of para-hydroxylation sites is 1. The fourth-order valence-corrected chi connectivity index (χ4v) is 4.52. The number of amides is 1. The van der Waals surface area contributed by atoms with Crippen LogP contribution in [0.2, 0.25) is 0 Å². The molecule has 0 aliphatic rings. The lowest BCUT2D eigenvalue weighted by Crippen LogP contribution is -2.29. The van der Waals surface area contributed by atoms with E-state index in [0.717, 1.165) is 16.3 Å². The number of hydrogen-bond acceptors (Lipinski definition) is 4. The molecule has 1 unspecified atom stereocenters. The number of methoxy groups -OCH3 is 1. The molecule has 7 heteroatoms. The standard InChI is InChI=1S/C25H28N2O4S/c1-5-18(2)19-10-16-22(17-11-19)32(29,30)27(3)24-9-7-6-8-23(24)25(28)26-20-12-14-21(31-4)15-13-20/h6-18H,5H2,1-4H3,(H,26,28). The SMILES string of the molecule is CCC(C)c1ccc(S(=O)(=O)N(C)c2ccccc2C(=O)Nc2ccc(OC)cc2)cc1. The Morgan fingerprint density at radius 3 is 2.22 bits per heavy atom. The minimum Gasteiger partial charge on any atom is -0.497 e. The summed E-state index contributed by atoms with van der Waals surface area (Å²) < 4.78 is 32.8. The van der Waals surface area contributed by atoms with Crippen LogP contribution in [0.5, 0.6) is 5.75 Å². The van der Waals surface area contributed by atoms with Crippen LogP contribution in [0.1, 0.15) is 42.1 Å². The molecule has 0 aromatic heterocycles. The van der Waals surface area contributed by atoms with Crippen LogP contribution in [0, 0.1) is 0 Å². The molecule has 32 heavy (non-hydrogen) atoms. The molecule has 3 rings (SSSR count). The summed E-state index contributed by atoms with van der Waals surface area (Å²) >= 11 is 0. The number of ether oxygens (including phenoxy) is 1. The van der Waals surface area contributed by atoms with E-state index in [1.165, 1.54) is 7.05 Å². The lowest BCUT2D eigenvalue weighted by Gasteiger charge is -2.22. The summed E-state index contributed by atoms with van der Waals surface area (Å²) in [6, 6.07) is 20.5. The van der Waals surface area contributed by atoms with Crippen LogP contribution in [-0.4, -0.2) is 28.5 Å². The highest BCUT2D eigenvalue weighted by atomic mass is 32.2. The van der Waals surface area contributed by atoms with Crippen molar-refractivity contribution in [2.45, 2.75) is 31.1 Å². The lowest BCUT2D eigenvalue weighted by atomic mass is 9.99. The van der Waals surface area contributed by atoms with Crippen molar-refractivity contribution in [2.24, 2.45) is 0 Å². The van der Waals surface area contributed by atoms with Gasteiger partial charge in [0.15, 0.2) is 0 Å². The molecule has 1 N–H and O–H groups in total. The van der Waals surface area contributed by atoms with Gasteiger partial charge >= 0.3 is 0 Å². The molecule has 0 aliphatic carbocycles. The van der Waals surface area contributed by atoms with Crippen molar-refractivity contribution in [3.63, 3.8) is 0 Å². The number of nitrogens with zero attached hydrogens (tertiary/aromatic N) is 1. The van der Waals surface area contributed by atoms with Crippen LogP contribution in [-0.2, 0) is 10.0 Å². The zero-order chi connectivity index (χ0) is 23.3. The van der Waals surface area contributed by atoms with Crippen molar-refractivity contribution in [3.8, 4) is 5.75 Å². The summed E-state index contributed by atoms with van der Waals surface area (Å²) in [5, 5.41) is 2.81. The Bertz CT molecular complexity index is 1170. The predicted molar refractivity (Wildman–Crippen MR) is 128 cm³/mol. The van der Waals surface area contributed by atoms with Crippen molar-refractivity contribution in [2.75, 3.05) is 23.8 Å². The maximum atomic E-state index is 13.3. The second kappa shape index (κ2) is 9.87. The number of nitrogens with one attached hydrogen (secondary N) is 1. The molecule has 0 radical (unpaired) electrons. The Hall–Kier alpha value is -3.32. The highest BCUT2D eigenvalue weighted by molar-refractivity contribution is 7.92. The third kappa shape index (κ3) is 4.94. The average molecular weight is 453 g/mol. The molecule has 6 nitrogen and oxygen atoms in total. The number of carbonyl (C=O) groups is 1. The van der Waals surface area contributed by atoms with Crippen LogP contribution in [0.15, 0.2) is 77.7 Å². The van der Waals surface area contributed by atoms with Crippen molar-refractivity contribution in [3.05, 3.63) is 83.9 Å². The van der Waals surface area contributed by atoms with E-state index in [4.69, 9.17) is 4.74 Å². The molecule has 0 saturated heterocycles. The number of benzene rings is 3. The van der Waals surface area contributed by atoms with Gasteiger partial charge < -0.3 is 10.1 Å². The van der Waals surface area contributed by atoms with Gasteiger partial charge in [-0.15, -0.1) is 0 Å². The van der Waals surface area contributed by atoms with E-state index >= 15 is 0 Å². The van der Waals surface area contributed by atoms with Gasteiger partial charge in [0, 0.05) is 12.7 Å². The highest BCUT2D eigenvalue weighted by Gasteiger charge is 2.25. The smallest absolute Gasteiger partial charge is 0.264 e. The Labute approximate surface area is 189 Å². The fourth-order valence-electron chi connectivity index (χ4n) is 3.30. The van der Waals surface area contributed by atoms with Crippen LogP contribution in [0.3, 0.4) is 0 Å². The maximum Gasteiger partial charge on any atom is 0.264 e. The Kier molecular flexibility index (Phi) is 7.20. The zero-order valence-corrected chi connectivity index (χ0v) is 19.5. The van der Waals surface area contributed by atoms with Crippen molar-refractivity contribution in [1.29, 1.82) is 0 Å². The first kappa shape index (κ1) is 23.3. The third-order valence-electron chi connectivity index (χ3n) is 5.56. The van der Waals surface area contributed by atoms with Gasteiger partial charge in [-0.3, -0.25) is 9.10 Å². The zero-order valence-electron chi connectivity index (χ0n) is 18.7. The summed E-state index contributed by atoms with van der Waals surface area (Å²) in [5.74, 6) is 0.625. The van der Waals surface area contributed by atoms with Crippen molar-refractivity contribution >= 4 is 27.3 Å². The maximum absolute atomic E-state index is 13.3. The van der Waals surface area contributed by atoms with E-state index in [0.29, 0.717) is 23.0 Å². The van der Waals surface area contributed by atoms with Gasteiger partial charge in [-0.25, -0.2) is 8.42 Å². The minimum atomic E-state index is -3.84. The first-order valence-electron chi connectivity index (χ1n) is 10.4. The van der Waals surface area contributed by atoms with E-state index in [9.17, 15) is 13.2 Å². The average Bonchev–Trinajstić information content (AvgIpc) is 2.83. The van der Waals surface area contributed by atoms with Gasteiger partial charge in [0.25, 0.3) is 15.9 Å². The Morgan fingerprint density at radius 2 is 1.62 bits per heavy atom. The Balaban J connectivity index is 1.88. The number of hydrogen-bond donors (Lipinski definition) is 1. The van der Waals surface area contributed by atoms with E-state index in [2.05, 4.69) is 19.2 Å². The quantitative estimate of drug-likeness (QED) is 0.504. The van der Waals surface area contributed by atoms with Crippen LogP contribution >= 0.6 is 0 Å². The minimum absolute atomic E-state index is 0.178.